The molecule has 0 amide bonds. The van der Waals surface area contributed by atoms with E-state index in [4.69, 9.17) is 9.72 Å². The first-order valence-electron chi connectivity index (χ1n) is 6.10. The van der Waals surface area contributed by atoms with Gasteiger partial charge in [0.05, 0.1) is 5.69 Å². The Kier molecular flexibility index (Phi) is 3.36. The molecule has 1 saturated carbocycles. The van der Waals surface area contributed by atoms with E-state index in [-0.39, 0.29) is 11.5 Å². The van der Waals surface area contributed by atoms with E-state index in [1.54, 1.807) is 11.3 Å². The molecule has 2 rings (SSSR count). The number of aromatic nitrogens is 1. The van der Waals surface area contributed by atoms with Crippen LogP contribution >= 0.6 is 11.3 Å². The fraction of sp³-hybridized carbons (Fsp3) is 0.769. The van der Waals surface area contributed by atoms with Crippen molar-refractivity contribution >= 4 is 11.3 Å². The Balaban J connectivity index is 2.15. The predicted octanol–water partition coefficient (Wildman–Crippen LogP) is 3.93. The lowest BCUT2D eigenvalue weighted by atomic mass is 9.93. The van der Waals surface area contributed by atoms with Crippen LogP contribution in [0.25, 0.3) is 0 Å². The van der Waals surface area contributed by atoms with Gasteiger partial charge in [0, 0.05) is 17.4 Å². The van der Waals surface area contributed by atoms with Crippen LogP contribution in [0.2, 0.25) is 0 Å². The summed E-state index contributed by atoms with van der Waals surface area (Å²) in [6, 6.07) is 0. The average molecular weight is 239 g/mol. The van der Waals surface area contributed by atoms with E-state index >= 15 is 0 Å². The van der Waals surface area contributed by atoms with Gasteiger partial charge in [-0.25, -0.2) is 4.98 Å². The second-order valence-corrected chi connectivity index (χ2v) is 6.42. The van der Waals surface area contributed by atoms with Gasteiger partial charge in [-0.2, -0.15) is 0 Å². The van der Waals surface area contributed by atoms with Crippen molar-refractivity contribution in [1.82, 2.24) is 4.98 Å². The van der Waals surface area contributed by atoms with Crippen molar-refractivity contribution in [3.63, 3.8) is 0 Å². The summed E-state index contributed by atoms with van der Waals surface area (Å²) in [7, 11) is 0. The number of hydrogen-bond acceptors (Lipinski definition) is 3. The molecule has 0 N–H and O–H groups in total. The topological polar surface area (TPSA) is 22.1 Å². The van der Waals surface area contributed by atoms with Gasteiger partial charge in [-0.1, -0.05) is 20.8 Å². The van der Waals surface area contributed by atoms with Gasteiger partial charge in [-0.15, -0.1) is 11.3 Å². The van der Waals surface area contributed by atoms with Crippen LogP contribution in [0.4, 0.5) is 0 Å². The summed E-state index contributed by atoms with van der Waals surface area (Å²) in [4.78, 5) is 4.76. The molecular formula is C13H21NOS. The molecule has 3 heteroatoms. The molecule has 1 heterocycles. The first kappa shape index (κ1) is 12.1. The van der Waals surface area contributed by atoms with Crippen LogP contribution in [0.15, 0.2) is 5.38 Å². The van der Waals surface area contributed by atoms with Crippen LogP contribution in [-0.2, 0) is 10.2 Å². The molecule has 1 aliphatic carbocycles. The molecule has 1 fully saturated rings. The molecule has 2 nitrogen and oxygen atoms in total. The van der Waals surface area contributed by atoms with E-state index in [0.29, 0.717) is 0 Å². The first-order chi connectivity index (χ1) is 7.52. The lowest BCUT2D eigenvalue weighted by Gasteiger charge is -2.16. The second-order valence-electron chi connectivity index (χ2n) is 5.53. The standard InChI is InChI=1S/C13H21NOS/c1-5-15-11(9-6-7-9)12-14-10(8-16-12)13(2,3)4/h8-9,11H,5-7H2,1-4H3. The summed E-state index contributed by atoms with van der Waals surface area (Å²) in [5.41, 5.74) is 1.34. The smallest absolute Gasteiger partial charge is 0.122 e. The molecule has 1 atom stereocenters. The van der Waals surface area contributed by atoms with Crippen molar-refractivity contribution < 1.29 is 4.74 Å². The van der Waals surface area contributed by atoms with Crippen molar-refractivity contribution in [2.45, 2.75) is 52.1 Å². The Hall–Kier alpha value is -0.410. The van der Waals surface area contributed by atoms with Crippen LogP contribution in [-0.4, -0.2) is 11.6 Å². The van der Waals surface area contributed by atoms with Crippen LogP contribution < -0.4 is 0 Å². The van der Waals surface area contributed by atoms with Gasteiger partial charge in [0.2, 0.25) is 0 Å². The molecule has 16 heavy (non-hydrogen) atoms. The summed E-state index contributed by atoms with van der Waals surface area (Å²) in [5.74, 6) is 0.721. The molecule has 1 aliphatic rings. The van der Waals surface area contributed by atoms with Gasteiger partial charge >= 0.3 is 0 Å². The summed E-state index contributed by atoms with van der Waals surface area (Å²) in [6.45, 7) is 9.47. The zero-order valence-electron chi connectivity index (χ0n) is 10.6. The third-order valence-electron chi connectivity index (χ3n) is 2.93. The highest BCUT2D eigenvalue weighted by atomic mass is 32.1. The van der Waals surface area contributed by atoms with E-state index < -0.39 is 0 Å². The molecule has 1 aromatic rings. The van der Waals surface area contributed by atoms with E-state index in [9.17, 15) is 0 Å². The maximum atomic E-state index is 5.83. The number of ether oxygens (including phenoxy) is 1. The minimum Gasteiger partial charge on any atom is -0.371 e. The molecule has 0 aromatic carbocycles. The van der Waals surface area contributed by atoms with E-state index in [2.05, 4.69) is 33.1 Å². The van der Waals surface area contributed by atoms with Crippen molar-refractivity contribution in [2.75, 3.05) is 6.61 Å². The van der Waals surface area contributed by atoms with Crippen molar-refractivity contribution in [3.8, 4) is 0 Å². The third kappa shape index (κ3) is 2.64. The third-order valence-corrected chi connectivity index (χ3v) is 3.84. The Morgan fingerprint density at radius 1 is 1.50 bits per heavy atom. The van der Waals surface area contributed by atoms with Crippen LogP contribution in [0.1, 0.15) is 57.3 Å². The molecule has 0 spiro atoms. The fourth-order valence-corrected chi connectivity index (χ4v) is 2.93. The quantitative estimate of drug-likeness (QED) is 0.794. The largest absolute Gasteiger partial charge is 0.371 e. The minimum absolute atomic E-state index is 0.148. The predicted molar refractivity (Wildman–Crippen MR) is 67.9 cm³/mol. The van der Waals surface area contributed by atoms with Crippen molar-refractivity contribution in [2.24, 2.45) is 5.92 Å². The molecule has 1 unspecified atom stereocenters. The molecule has 0 saturated heterocycles. The van der Waals surface area contributed by atoms with E-state index in [1.807, 2.05) is 0 Å². The Labute approximate surface area is 102 Å². The van der Waals surface area contributed by atoms with E-state index in [1.165, 1.54) is 23.5 Å². The Morgan fingerprint density at radius 3 is 2.62 bits per heavy atom. The molecule has 0 bridgehead atoms. The van der Waals surface area contributed by atoms with Crippen molar-refractivity contribution in [3.05, 3.63) is 16.1 Å². The monoisotopic (exact) mass is 239 g/mol. The van der Waals surface area contributed by atoms with Crippen LogP contribution in [0, 0.1) is 5.92 Å². The molecule has 1 aromatic heterocycles. The zero-order valence-corrected chi connectivity index (χ0v) is 11.4. The Bertz CT molecular complexity index is 349. The SMILES string of the molecule is CCOC(c1nc(C(C)(C)C)cs1)C1CC1. The van der Waals surface area contributed by atoms with E-state index in [0.717, 1.165) is 12.5 Å². The highest BCUT2D eigenvalue weighted by Crippen LogP contribution is 2.44. The number of thiazole rings is 1. The lowest BCUT2D eigenvalue weighted by molar-refractivity contribution is 0.0460. The molecular weight excluding hydrogens is 218 g/mol. The maximum Gasteiger partial charge on any atom is 0.122 e. The average Bonchev–Trinajstić information content (AvgIpc) is 2.89. The maximum absolute atomic E-state index is 5.83. The van der Waals surface area contributed by atoms with Gasteiger partial charge in [0.25, 0.3) is 0 Å². The highest BCUT2D eigenvalue weighted by molar-refractivity contribution is 7.09. The minimum atomic E-state index is 0.148. The summed E-state index contributed by atoms with van der Waals surface area (Å²) < 4.78 is 5.83. The number of nitrogens with zero attached hydrogens (tertiary/aromatic N) is 1. The van der Waals surface area contributed by atoms with Gasteiger partial charge in [0.15, 0.2) is 0 Å². The summed E-state index contributed by atoms with van der Waals surface area (Å²) in [5, 5.41) is 3.36. The highest BCUT2D eigenvalue weighted by Gasteiger charge is 2.35. The molecule has 0 aliphatic heterocycles. The number of rotatable bonds is 4. The summed E-state index contributed by atoms with van der Waals surface area (Å²) in [6.07, 6.45) is 2.86. The Morgan fingerprint density at radius 2 is 2.19 bits per heavy atom. The van der Waals surface area contributed by atoms with Crippen LogP contribution in [0.3, 0.4) is 0 Å². The zero-order chi connectivity index (χ0) is 11.8. The number of hydrogen-bond donors (Lipinski definition) is 0. The fourth-order valence-electron chi connectivity index (χ4n) is 1.75. The molecule has 0 radical (unpaired) electrons. The second kappa shape index (κ2) is 4.46. The van der Waals surface area contributed by atoms with Gasteiger partial charge in [-0.3, -0.25) is 0 Å². The van der Waals surface area contributed by atoms with Crippen LogP contribution in [0.5, 0.6) is 0 Å². The van der Waals surface area contributed by atoms with Gasteiger partial charge in [0.1, 0.15) is 11.1 Å². The van der Waals surface area contributed by atoms with Crippen molar-refractivity contribution in [1.29, 1.82) is 0 Å². The normalized spacial score (nSPS) is 18.8. The first-order valence-corrected chi connectivity index (χ1v) is 6.98. The summed E-state index contributed by atoms with van der Waals surface area (Å²) >= 11 is 1.76. The lowest BCUT2D eigenvalue weighted by Crippen LogP contribution is -2.13. The van der Waals surface area contributed by atoms with Gasteiger partial charge in [-0.05, 0) is 25.7 Å². The molecule has 90 valence electrons. The van der Waals surface area contributed by atoms with Gasteiger partial charge < -0.3 is 4.74 Å².